The maximum atomic E-state index is 4.90. The first-order valence-corrected chi connectivity index (χ1v) is 18.1. The van der Waals surface area contributed by atoms with Gasteiger partial charge in [-0.25, -0.2) is 9.97 Å². The number of nitrogens with one attached hydrogen (secondary N) is 1. The molecule has 0 spiro atoms. The molecule has 0 aliphatic heterocycles. The first kappa shape index (κ1) is 32.5. The Morgan fingerprint density at radius 2 is 1.29 bits per heavy atom. The highest BCUT2D eigenvalue weighted by atomic mass is 15.1. The van der Waals surface area contributed by atoms with Crippen LogP contribution in [0.4, 0.5) is 0 Å². The van der Waals surface area contributed by atoms with Crippen molar-refractivity contribution in [2.24, 2.45) is 0 Å². The third kappa shape index (κ3) is 5.67. The van der Waals surface area contributed by atoms with Gasteiger partial charge in [-0.15, -0.1) is 0 Å². The third-order valence-electron chi connectivity index (χ3n) is 10.2. The molecule has 0 saturated heterocycles. The van der Waals surface area contributed by atoms with E-state index in [1.165, 1.54) is 33.2 Å². The summed E-state index contributed by atoms with van der Waals surface area (Å²) in [5.41, 5.74) is 12.9. The van der Waals surface area contributed by atoms with Gasteiger partial charge in [0, 0.05) is 40.6 Å². The Labute approximate surface area is 300 Å². The summed E-state index contributed by atoms with van der Waals surface area (Å²) in [4.78, 5) is 13.6. The van der Waals surface area contributed by atoms with Crippen LogP contribution in [-0.4, -0.2) is 24.1 Å². The van der Waals surface area contributed by atoms with E-state index in [0.29, 0.717) is 11.8 Å². The fourth-order valence-corrected chi connectivity index (χ4v) is 7.52. The number of nitrogens with zero attached hydrogens (tertiary/aromatic N) is 4. The van der Waals surface area contributed by atoms with E-state index in [1.807, 2.05) is 12.4 Å². The number of fused-ring (bicyclic) bond motifs is 3. The van der Waals surface area contributed by atoms with Gasteiger partial charge in [-0.3, -0.25) is 9.13 Å². The van der Waals surface area contributed by atoms with Gasteiger partial charge in [0.2, 0.25) is 0 Å². The van der Waals surface area contributed by atoms with Gasteiger partial charge in [-0.2, -0.15) is 0 Å². The highest BCUT2D eigenvalue weighted by molar-refractivity contribution is 6.10. The van der Waals surface area contributed by atoms with Gasteiger partial charge in [0.05, 0.1) is 22.4 Å². The van der Waals surface area contributed by atoms with Crippen LogP contribution in [0.5, 0.6) is 0 Å². The number of aromatic amines is 1. The van der Waals surface area contributed by atoms with E-state index in [0.717, 1.165) is 50.8 Å². The van der Waals surface area contributed by atoms with Gasteiger partial charge in [-0.05, 0) is 81.5 Å². The van der Waals surface area contributed by atoms with Crippen LogP contribution in [0.3, 0.4) is 0 Å². The minimum Gasteiger partial charge on any atom is -0.352 e. The van der Waals surface area contributed by atoms with Crippen LogP contribution in [-0.2, 0) is 5.41 Å². The summed E-state index contributed by atoms with van der Waals surface area (Å²) in [5, 5.41) is 2.44. The molecular formula is C46H45N5. The molecule has 8 rings (SSSR count). The van der Waals surface area contributed by atoms with E-state index in [1.54, 1.807) is 0 Å². The lowest BCUT2D eigenvalue weighted by atomic mass is 9.88. The van der Waals surface area contributed by atoms with Crippen LogP contribution in [0.15, 0.2) is 128 Å². The Morgan fingerprint density at radius 1 is 0.608 bits per heavy atom. The average molecular weight is 668 g/mol. The van der Waals surface area contributed by atoms with Crippen molar-refractivity contribution in [2.45, 2.75) is 65.7 Å². The van der Waals surface area contributed by atoms with Crippen molar-refractivity contribution < 1.29 is 0 Å². The minimum absolute atomic E-state index is 0.0150. The number of rotatable bonds is 7. The average Bonchev–Trinajstić information content (AvgIpc) is 3.88. The van der Waals surface area contributed by atoms with Crippen molar-refractivity contribution in [3.8, 4) is 45.4 Å². The van der Waals surface area contributed by atoms with E-state index in [4.69, 9.17) is 9.97 Å². The predicted octanol–water partition coefficient (Wildman–Crippen LogP) is 12.2. The van der Waals surface area contributed by atoms with Crippen LogP contribution in [0.25, 0.3) is 67.2 Å². The van der Waals surface area contributed by atoms with Crippen molar-refractivity contribution in [3.05, 3.63) is 144 Å². The fraction of sp³-hybridized carbons (Fsp3) is 0.217. The number of hydrogen-bond donors (Lipinski definition) is 1. The molecule has 0 atom stereocenters. The molecular weight excluding hydrogens is 623 g/mol. The second kappa shape index (κ2) is 12.6. The summed E-state index contributed by atoms with van der Waals surface area (Å²) in [5.74, 6) is 2.61. The minimum atomic E-state index is 0.0150. The summed E-state index contributed by atoms with van der Waals surface area (Å²) in [6, 6.07) is 39.5. The first-order valence-electron chi connectivity index (χ1n) is 18.1. The lowest BCUT2D eigenvalue weighted by Gasteiger charge is -2.21. The molecule has 51 heavy (non-hydrogen) atoms. The number of imidazole rings is 1. The molecule has 0 saturated carbocycles. The van der Waals surface area contributed by atoms with Crippen LogP contribution in [0.2, 0.25) is 0 Å². The monoisotopic (exact) mass is 667 g/mol. The Balaban J connectivity index is 1.25. The largest absolute Gasteiger partial charge is 0.352 e. The van der Waals surface area contributed by atoms with E-state index in [2.05, 4.69) is 178 Å². The van der Waals surface area contributed by atoms with Crippen molar-refractivity contribution in [2.75, 3.05) is 0 Å². The van der Waals surface area contributed by atoms with Gasteiger partial charge >= 0.3 is 0 Å². The maximum Gasteiger partial charge on any atom is 0.161 e. The first-order chi connectivity index (χ1) is 24.6. The van der Waals surface area contributed by atoms with Gasteiger partial charge in [-0.1, -0.05) is 121 Å². The van der Waals surface area contributed by atoms with Crippen LogP contribution in [0, 0.1) is 0 Å². The van der Waals surface area contributed by atoms with Crippen molar-refractivity contribution in [3.63, 3.8) is 0 Å². The highest BCUT2D eigenvalue weighted by Crippen LogP contribution is 2.39. The molecule has 0 amide bonds. The molecule has 5 nitrogen and oxygen atoms in total. The Hall–Kier alpha value is -5.68. The summed E-state index contributed by atoms with van der Waals surface area (Å²) in [6.07, 6.45) is 5.94. The number of benzene rings is 4. The summed E-state index contributed by atoms with van der Waals surface area (Å²) in [6.45, 7) is 15.8. The maximum absolute atomic E-state index is 4.90. The number of aromatic nitrogens is 5. The lowest BCUT2D eigenvalue weighted by molar-refractivity contribution is 0.588. The van der Waals surface area contributed by atoms with Gasteiger partial charge in [0.1, 0.15) is 5.82 Å². The summed E-state index contributed by atoms with van der Waals surface area (Å²) in [7, 11) is 0. The van der Waals surface area contributed by atoms with Crippen molar-refractivity contribution >= 4 is 21.8 Å². The standard InChI is InChI=1S/C46H45N5/c1-29(2)33-16-12-17-34(30(3)4)44(33)50-26-25-48-45(50)40-22-21-39(49-40)36-14-9-8-13-35(36)31-19-20-38-37-15-10-11-18-41(37)51(42(38)27-31)43-28-32(23-24-47-43)46(5,6)7/h8-30,49H,1-7H3. The number of pyridine rings is 1. The van der Waals surface area contributed by atoms with E-state index >= 15 is 0 Å². The second-order valence-corrected chi connectivity index (χ2v) is 15.3. The molecule has 0 aliphatic carbocycles. The zero-order valence-corrected chi connectivity index (χ0v) is 30.6. The fourth-order valence-electron chi connectivity index (χ4n) is 7.52. The quantitative estimate of drug-likeness (QED) is 0.184. The molecule has 5 heteroatoms. The molecule has 0 unspecified atom stereocenters. The molecule has 4 aromatic heterocycles. The number of hydrogen-bond acceptors (Lipinski definition) is 2. The molecule has 0 bridgehead atoms. The molecule has 0 radical (unpaired) electrons. The van der Waals surface area contributed by atoms with E-state index in [9.17, 15) is 0 Å². The second-order valence-electron chi connectivity index (χ2n) is 15.3. The van der Waals surface area contributed by atoms with Gasteiger partial charge < -0.3 is 4.98 Å². The normalized spacial score (nSPS) is 12.2. The number of H-pyrrole nitrogens is 1. The molecule has 1 N–H and O–H groups in total. The zero-order valence-electron chi connectivity index (χ0n) is 30.6. The molecule has 4 heterocycles. The Kier molecular flexibility index (Phi) is 8.02. The third-order valence-corrected chi connectivity index (χ3v) is 10.2. The van der Waals surface area contributed by atoms with Gasteiger partial charge in [0.25, 0.3) is 0 Å². The molecule has 254 valence electrons. The molecule has 8 aromatic rings. The van der Waals surface area contributed by atoms with Crippen molar-refractivity contribution in [1.82, 2.24) is 24.1 Å². The SMILES string of the molecule is CC(C)c1cccc(C(C)C)c1-n1ccnc1-c1ccc(-c2ccccc2-c2ccc3c4ccccc4n(-c4cc(C(C)(C)C)ccn4)c3c2)[nH]1. The molecule has 4 aromatic carbocycles. The topological polar surface area (TPSA) is 51.4 Å². The van der Waals surface area contributed by atoms with Crippen molar-refractivity contribution in [1.29, 1.82) is 0 Å². The number of para-hydroxylation sites is 2. The Morgan fingerprint density at radius 3 is 2.04 bits per heavy atom. The zero-order chi connectivity index (χ0) is 35.4. The summed E-state index contributed by atoms with van der Waals surface area (Å²) < 4.78 is 4.58. The highest BCUT2D eigenvalue weighted by Gasteiger charge is 2.21. The molecule has 0 fully saturated rings. The van der Waals surface area contributed by atoms with E-state index < -0.39 is 0 Å². The van der Waals surface area contributed by atoms with Crippen LogP contribution in [0.1, 0.15) is 77.0 Å². The molecule has 0 aliphatic rings. The lowest BCUT2D eigenvalue weighted by Crippen LogP contribution is -2.12. The Bertz CT molecular complexity index is 2510. The van der Waals surface area contributed by atoms with Gasteiger partial charge in [0.15, 0.2) is 5.82 Å². The predicted molar refractivity (Wildman–Crippen MR) is 213 cm³/mol. The smallest absolute Gasteiger partial charge is 0.161 e. The summed E-state index contributed by atoms with van der Waals surface area (Å²) >= 11 is 0. The van der Waals surface area contributed by atoms with Crippen LogP contribution < -0.4 is 0 Å². The van der Waals surface area contributed by atoms with E-state index in [-0.39, 0.29) is 5.41 Å². The van der Waals surface area contributed by atoms with Crippen LogP contribution >= 0.6 is 0 Å².